The SMILES string of the molecule is [Na+].[O]=[GeH][O-]. The van der Waals surface area contributed by atoms with Gasteiger partial charge in [0.05, 0.1) is 0 Å². The Hall–Kier alpha value is 1.14. The van der Waals surface area contributed by atoms with Crippen LogP contribution in [0.3, 0.4) is 0 Å². The Morgan fingerprint density at radius 2 is 1.75 bits per heavy atom. The Morgan fingerprint density at radius 3 is 1.75 bits per heavy atom. The summed E-state index contributed by atoms with van der Waals surface area (Å²) in [7, 11) is 0. The van der Waals surface area contributed by atoms with Gasteiger partial charge in [-0.3, -0.25) is 0 Å². The maximum absolute atomic E-state index is 8.53. The van der Waals surface area contributed by atoms with Crippen molar-refractivity contribution in [1.82, 2.24) is 0 Å². The van der Waals surface area contributed by atoms with Crippen molar-refractivity contribution in [2.24, 2.45) is 0 Å². The first-order valence-electron chi connectivity index (χ1n) is 0.471. The van der Waals surface area contributed by atoms with Crippen molar-refractivity contribution in [1.29, 1.82) is 0 Å². The molecule has 0 aliphatic heterocycles. The van der Waals surface area contributed by atoms with Gasteiger partial charge in [0, 0.05) is 0 Å². The van der Waals surface area contributed by atoms with Crippen LogP contribution in [0, 0.1) is 0 Å². The van der Waals surface area contributed by atoms with E-state index >= 15 is 0 Å². The van der Waals surface area contributed by atoms with Gasteiger partial charge in [0.25, 0.3) is 0 Å². The predicted molar refractivity (Wildman–Crippen MR) is 7.84 cm³/mol. The number of rotatable bonds is 0. The van der Waals surface area contributed by atoms with Gasteiger partial charge >= 0.3 is 53.2 Å². The van der Waals surface area contributed by atoms with Crippen molar-refractivity contribution in [3.05, 3.63) is 0 Å². The molecule has 0 rings (SSSR count). The Morgan fingerprint density at radius 1 is 1.75 bits per heavy atom. The van der Waals surface area contributed by atoms with Crippen molar-refractivity contribution >= 4 is 15.7 Å². The number of hydrogen-bond acceptors (Lipinski definition) is 2. The van der Waals surface area contributed by atoms with Gasteiger partial charge in [-0.15, -0.1) is 0 Å². The van der Waals surface area contributed by atoms with Crippen LogP contribution in [0.4, 0.5) is 0 Å². The summed E-state index contributed by atoms with van der Waals surface area (Å²) < 4.78 is 17.1. The molecule has 0 saturated heterocycles. The van der Waals surface area contributed by atoms with E-state index in [9.17, 15) is 0 Å². The molecule has 0 unspecified atom stereocenters. The summed E-state index contributed by atoms with van der Waals surface area (Å²) in [6.07, 6.45) is 0. The molecule has 4 heavy (non-hydrogen) atoms. The zero-order chi connectivity index (χ0) is 2.71. The van der Waals surface area contributed by atoms with Crippen molar-refractivity contribution in [3.8, 4) is 0 Å². The van der Waals surface area contributed by atoms with E-state index in [0.717, 1.165) is 0 Å². The molecule has 0 aromatic carbocycles. The summed E-state index contributed by atoms with van der Waals surface area (Å²) in [5, 5.41) is 0. The van der Waals surface area contributed by atoms with E-state index in [1.165, 1.54) is 0 Å². The molecule has 0 bridgehead atoms. The van der Waals surface area contributed by atoms with Crippen LogP contribution < -0.4 is 33.7 Å². The molecule has 0 radical (unpaired) electrons. The van der Waals surface area contributed by atoms with Gasteiger partial charge in [-0.25, -0.2) is 0 Å². The fourth-order valence-electron chi connectivity index (χ4n) is 0. The van der Waals surface area contributed by atoms with E-state index in [4.69, 9.17) is 7.91 Å². The van der Waals surface area contributed by atoms with Crippen molar-refractivity contribution in [2.45, 2.75) is 0 Å². The van der Waals surface area contributed by atoms with E-state index in [2.05, 4.69) is 0 Å². The van der Waals surface area contributed by atoms with E-state index in [0.29, 0.717) is 0 Å². The van der Waals surface area contributed by atoms with Gasteiger partial charge in [0.1, 0.15) is 0 Å². The third-order valence-corrected chi connectivity index (χ3v) is 0. The predicted octanol–water partition coefficient (Wildman–Crippen LogP) is -4.95. The first-order valence-corrected chi connectivity index (χ1v) is 2.45. The summed E-state index contributed by atoms with van der Waals surface area (Å²) in [4.78, 5) is 0. The van der Waals surface area contributed by atoms with Crippen LogP contribution in [0.1, 0.15) is 0 Å². The van der Waals surface area contributed by atoms with Crippen LogP contribution in [0.15, 0.2) is 0 Å². The molecule has 0 aromatic rings. The summed E-state index contributed by atoms with van der Waals surface area (Å²) in [5.41, 5.74) is 0. The molecule has 0 fully saturated rings. The first kappa shape index (κ1) is 8.94. The Bertz CT molecular complexity index is 13.5. The van der Waals surface area contributed by atoms with Crippen molar-refractivity contribution < 1.29 is 37.5 Å². The zero-order valence-electron chi connectivity index (χ0n) is 2.39. The second kappa shape index (κ2) is 8.91. The molecule has 18 valence electrons. The fourth-order valence-corrected chi connectivity index (χ4v) is 0. The van der Waals surface area contributed by atoms with Gasteiger partial charge < -0.3 is 0 Å². The number of hydrogen-bond donors (Lipinski definition) is 0. The molecule has 0 N–H and O–H groups in total. The fraction of sp³-hybridized carbons (Fsp3) is 0. The van der Waals surface area contributed by atoms with Crippen LogP contribution >= 0.6 is 0 Å². The molecule has 0 aliphatic carbocycles. The molecule has 0 heterocycles. The first-order chi connectivity index (χ1) is 1.41. The second-order valence-electron chi connectivity index (χ2n) is 0.0962. The summed E-state index contributed by atoms with van der Waals surface area (Å²) in [5.74, 6) is 0. The molecule has 0 aliphatic rings. The van der Waals surface area contributed by atoms with Crippen LogP contribution in [0.25, 0.3) is 0 Å². The van der Waals surface area contributed by atoms with E-state index in [1.54, 1.807) is 0 Å². The molecule has 0 saturated carbocycles. The third kappa shape index (κ3) is 11.0. The minimum atomic E-state index is -2.19. The zero-order valence-corrected chi connectivity index (χ0v) is 6.82. The summed E-state index contributed by atoms with van der Waals surface area (Å²) in [6, 6.07) is 0. The van der Waals surface area contributed by atoms with Crippen LogP contribution in [0.5, 0.6) is 0 Å². The minimum absolute atomic E-state index is 0. The molecular weight excluding hydrogens is 128 g/mol. The Kier molecular flexibility index (Phi) is 19.9. The second-order valence-corrected chi connectivity index (χ2v) is 0.500. The molecule has 4 heteroatoms. The molecular formula is HGeNaO2. The van der Waals surface area contributed by atoms with Gasteiger partial charge in [0.15, 0.2) is 0 Å². The monoisotopic (exact) mass is 130 g/mol. The standard InChI is InChI=1S/GeHO2.Na/c2-1-3;/h1H;/q-1;+1. The van der Waals surface area contributed by atoms with Crippen LogP contribution in [-0.4, -0.2) is 15.7 Å². The molecule has 2 nitrogen and oxygen atoms in total. The third-order valence-electron chi connectivity index (χ3n) is 0. The van der Waals surface area contributed by atoms with Gasteiger partial charge in [-0.05, 0) is 0 Å². The molecule has 0 atom stereocenters. The van der Waals surface area contributed by atoms with Crippen molar-refractivity contribution in [3.63, 3.8) is 0 Å². The normalized spacial score (nSPS) is 3.00. The molecule has 0 amide bonds. The van der Waals surface area contributed by atoms with Crippen LogP contribution in [0.2, 0.25) is 0 Å². The summed E-state index contributed by atoms with van der Waals surface area (Å²) in [6.45, 7) is 0. The quantitative estimate of drug-likeness (QED) is 0.307. The van der Waals surface area contributed by atoms with Gasteiger partial charge in [0.2, 0.25) is 0 Å². The average molecular weight is 129 g/mol. The van der Waals surface area contributed by atoms with Crippen LogP contribution in [-0.2, 0) is 3.78 Å². The van der Waals surface area contributed by atoms with Gasteiger partial charge in [-0.1, -0.05) is 0 Å². The molecule has 0 spiro atoms. The Balaban J connectivity index is 0. The van der Waals surface area contributed by atoms with E-state index in [-0.39, 0.29) is 29.6 Å². The Labute approximate surface area is 52.9 Å². The summed E-state index contributed by atoms with van der Waals surface area (Å²) >= 11 is -2.19. The van der Waals surface area contributed by atoms with E-state index < -0.39 is 15.7 Å². The van der Waals surface area contributed by atoms with Gasteiger partial charge in [-0.2, -0.15) is 0 Å². The van der Waals surface area contributed by atoms with Crippen molar-refractivity contribution in [2.75, 3.05) is 0 Å². The average Bonchev–Trinajstić information content (AvgIpc) is 0.918. The topological polar surface area (TPSA) is 40.1 Å². The maximum atomic E-state index is 8.53. The molecule has 0 aromatic heterocycles. The van der Waals surface area contributed by atoms with E-state index in [1.807, 2.05) is 0 Å².